The maximum atomic E-state index is 12.9. The van der Waals surface area contributed by atoms with Crippen molar-refractivity contribution in [3.8, 4) is 0 Å². The van der Waals surface area contributed by atoms with Gasteiger partial charge < -0.3 is 19.5 Å². The van der Waals surface area contributed by atoms with Crippen LogP contribution in [-0.4, -0.2) is 59.8 Å². The van der Waals surface area contributed by atoms with Crippen LogP contribution < -0.4 is 10.6 Å². The molecule has 5 rings (SSSR count). The first-order valence-corrected chi connectivity index (χ1v) is 11.1. The number of anilines is 1. The van der Waals surface area contributed by atoms with E-state index in [4.69, 9.17) is 4.74 Å². The number of nitrogens with one attached hydrogen (secondary N) is 1. The van der Waals surface area contributed by atoms with Crippen LogP contribution in [0.2, 0.25) is 0 Å². The van der Waals surface area contributed by atoms with Crippen molar-refractivity contribution in [3.63, 3.8) is 0 Å². The number of benzene rings is 2. The predicted octanol–water partition coefficient (Wildman–Crippen LogP) is 2.57. The number of piperidine rings is 1. The number of para-hydroxylation sites is 2. The van der Waals surface area contributed by atoms with Crippen LogP contribution in [-0.2, 0) is 16.0 Å². The number of nitrogens with zero attached hydrogens (tertiary/aromatic N) is 3. The number of hydrogen-bond donors (Lipinski definition) is 1. The van der Waals surface area contributed by atoms with E-state index in [9.17, 15) is 9.59 Å². The molecule has 0 atom stereocenters. The second-order valence-corrected chi connectivity index (χ2v) is 8.37. The molecule has 162 valence electrons. The number of H-pyrrole nitrogens is 1. The lowest BCUT2D eigenvalue weighted by molar-refractivity contribution is -0.131. The number of rotatable bonds is 4. The molecule has 2 aliphatic rings. The summed E-state index contributed by atoms with van der Waals surface area (Å²) in [5.41, 5.74) is 3.97. The Morgan fingerprint density at radius 3 is 2.42 bits per heavy atom. The van der Waals surface area contributed by atoms with Crippen molar-refractivity contribution in [1.82, 2.24) is 14.5 Å². The Bertz CT molecular complexity index is 1100. The number of ether oxygens (including phenoxy) is 1. The molecule has 0 aliphatic carbocycles. The number of fused-ring (bicyclic) bond motifs is 1. The zero-order valence-corrected chi connectivity index (χ0v) is 17.6. The zero-order valence-electron chi connectivity index (χ0n) is 17.6. The van der Waals surface area contributed by atoms with Crippen molar-refractivity contribution in [2.24, 2.45) is 0 Å². The van der Waals surface area contributed by atoms with Crippen LogP contribution in [0.3, 0.4) is 0 Å². The van der Waals surface area contributed by atoms with Crippen molar-refractivity contribution in [3.05, 3.63) is 64.6 Å². The number of carbonyl (C=O) groups excluding carboxylic acids is 1. The van der Waals surface area contributed by atoms with Crippen molar-refractivity contribution in [2.75, 3.05) is 44.3 Å². The van der Waals surface area contributed by atoms with Gasteiger partial charge in [0.05, 0.1) is 30.7 Å². The largest absolute Gasteiger partial charge is 0.378 e. The number of imidazole rings is 1. The van der Waals surface area contributed by atoms with Crippen molar-refractivity contribution >= 4 is 22.6 Å². The summed E-state index contributed by atoms with van der Waals surface area (Å²) in [6.07, 6.45) is 2.01. The van der Waals surface area contributed by atoms with Crippen molar-refractivity contribution in [1.29, 1.82) is 0 Å². The SMILES string of the molecule is O=C(Cc1ccc(N2CCOCC2)cc1)N1CCC(n2c(=O)[nH]c3ccccc32)CC1. The molecule has 0 spiro atoms. The normalized spacial score (nSPS) is 17.9. The van der Waals surface area contributed by atoms with Gasteiger partial charge in [-0.3, -0.25) is 9.36 Å². The molecule has 2 fully saturated rings. The predicted molar refractivity (Wildman–Crippen MR) is 121 cm³/mol. The first-order valence-electron chi connectivity index (χ1n) is 11.1. The molecule has 7 heteroatoms. The monoisotopic (exact) mass is 420 g/mol. The molecule has 0 unspecified atom stereocenters. The fraction of sp³-hybridized carbons (Fsp3) is 0.417. The number of amides is 1. The third-order valence-corrected chi connectivity index (χ3v) is 6.47. The smallest absolute Gasteiger partial charge is 0.326 e. The zero-order chi connectivity index (χ0) is 21.2. The Balaban J connectivity index is 1.19. The van der Waals surface area contributed by atoms with Gasteiger partial charge in [-0.2, -0.15) is 0 Å². The topological polar surface area (TPSA) is 70.6 Å². The minimum absolute atomic E-state index is 0.0636. The minimum Gasteiger partial charge on any atom is -0.378 e. The molecule has 0 radical (unpaired) electrons. The summed E-state index contributed by atoms with van der Waals surface area (Å²) in [6, 6.07) is 16.2. The first kappa shape index (κ1) is 19.9. The van der Waals surface area contributed by atoms with E-state index in [1.165, 1.54) is 5.69 Å². The molecule has 0 saturated carbocycles. The first-order chi connectivity index (χ1) is 15.2. The Labute approximate surface area is 181 Å². The summed E-state index contributed by atoms with van der Waals surface area (Å²) in [4.78, 5) is 32.5. The quantitative estimate of drug-likeness (QED) is 0.704. The Morgan fingerprint density at radius 2 is 1.68 bits per heavy atom. The molecule has 1 N–H and O–H groups in total. The van der Waals surface area contributed by atoms with Crippen LogP contribution in [0.1, 0.15) is 24.4 Å². The average Bonchev–Trinajstić information content (AvgIpc) is 3.16. The lowest BCUT2D eigenvalue weighted by Gasteiger charge is -2.32. The van der Waals surface area contributed by atoms with E-state index in [-0.39, 0.29) is 17.6 Å². The third-order valence-electron chi connectivity index (χ3n) is 6.47. The number of morpholine rings is 1. The molecular weight excluding hydrogens is 392 g/mol. The summed E-state index contributed by atoms with van der Waals surface area (Å²) < 4.78 is 7.27. The van der Waals surface area contributed by atoms with E-state index < -0.39 is 0 Å². The van der Waals surface area contributed by atoms with Gasteiger partial charge >= 0.3 is 5.69 Å². The number of hydrogen-bond acceptors (Lipinski definition) is 4. The van der Waals surface area contributed by atoms with Crippen LogP contribution in [0.15, 0.2) is 53.3 Å². The molecule has 2 aromatic carbocycles. The second-order valence-electron chi connectivity index (χ2n) is 8.37. The van der Waals surface area contributed by atoms with Gasteiger partial charge in [-0.1, -0.05) is 24.3 Å². The Morgan fingerprint density at radius 1 is 0.968 bits per heavy atom. The molecule has 2 saturated heterocycles. The highest BCUT2D eigenvalue weighted by Gasteiger charge is 2.26. The highest BCUT2D eigenvalue weighted by Crippen LogP contribution is 2.25. The molecule has 7 nitrogen and oxygen atoms in total. The molecule has 0 bridgehead atoms. The molecule has 31 heavy (non-hydrogen) atoms. The van der Waals surface area contributed by atoms with Gasteiger partial charge in [0, 0.05) is 37.9 Å². The van der Waals surface area contributed by atoms with E-state index in [1.54, 1.807) is 0 Å². The molecule has 3 heterocycles. The second kappa shape index (κ2) is 8.59. The maximum absolute atomic E-state index is 12.9. The average molecular weight is 421 g/mol. The van der Waals surface area contributed by atoms with E-state index in [1.807, 2.05) is 33.7 Å². The summed E-state index contributed by atoms with van der Waals surface area (Å²) in [5, 5.41) is 0. The number of aromatic nitrogens is 2. The molecule has 1 aromatic heterocycles. The number of aromatic amines is 1. The van der Waals surface area contributed by atoms with Gasteiger partial charge in [0.15, 0.2) is 0 Å². The van der Waals surface area contributed by atoms with Crippen LogP contribution in [0.5, 0.6) is 0 Å². The van der Waals surface area contributed by atoms with Crippen LogP contribution >= 0.6 is 0 Å². The molecule has 3 aromatic rings. The highest BCUT2D eigenvalue weighted by atomic mass is 16.5. The van der Waals surface area contributed by atoms with E-state index in [0.29, 0.717) is 19.5 Å². The molecular formula is C24H28N4O3. The Kier molecular flexibility index (Phi) is 5.51. The number of likely N-dealkylation sites (tertiary alicyclic amines) is 1. The molecule has 2 aliphatic heterocycles. The minimum atomic E-state index is -0.0636. The van der Waals surface area contributed by atoms with Crippen LogP contribution in [0.4, 0.5) is 5.69 Å². The van der Waals surface area contributed by atoms with Crippen LogP contribution in [0.25, 0.3) is 11.0 Å². The highest BCUT2D eigenvalue weighted by molar-refractivity contribution is 5.79. The van der Waals surface area contributed by atoms with E-state index >= 15 is 0 Å². The maximum Gasteiger partial charge on any atom is 0.326 e. The van der Waals surface area contributed by atoms with Gasteiger partial charge in [0.2, 0.25) is 5.91 Å². The van der Waals surface area contributed by atoms with Gasteiger partial charge in [-0.15, -0.1) is 0 Å². The number of carbonyl (C=O) groups is 1. The summed E-state index contributed by atoms with van der Waals surface area (Å²) in [7, 11) is 0. The fourth-order valence-corrected chi connectivity index (χ4v) is 4.74. The van der Waals surface area contributed by atoms with Crippen LogP contribution in [0, 0.1) is 0 Å². The van der Waals surface area contributed by atoms with Gasteiger partial charge in [-0.05, 0) is 42.7 Å². The van der Waals surface area contributed by atoms with Gasteiger partial charge in [0.25, 0.3) is 0 Å². The van der Waals surface area contributed by atoms with E-state index in [2.05, 4.69) is 34.1 Å². The third kappa shape index (κ3) is 4.10. The van der Waals surface area contributed by atoms with E-state index in [0.717, 1.165) is 55.7 Å². The van der Waals surface area contributed by atoms with Gasteiger partial charge in [0.1, 0.15) is 0 Å². The summed E-state index contributed by atoms with van der Waals surface area (Å²) >= 11 is 0. The van der Waals surface area contributed by atoms with Crippen molar-refractivity contribution < 1.29 is 9.53 Å². The lowest BCUT2D eigenvalue weighted by atomic mass is 10.0. The van der Waals surface area contributed by atoms with Gasteiger partial charge in [-0.25, -0.2) is 4.79 Å². The fourth-order valence-electron chi connectivity index (χ4n) is 4.74. The Hall–Kier alpha value is -3.06. The standard InChI is InChI=1S/C24H28N4O3/c29-23(17-18-5-7-19(8-6-18)26-13-15-31-16-14-26)27-11-9-20(10-12-27)28-22-4-2-1-3-21(22)25-24(28)30/h1-8,20H,9-17H2,(H,25,30). The summed E-state index contributed by atoms with van der Waals surface area (Å²) in [5.74, 6) is 0.156. The van der Waals surface area contributed by atoms with Crippen molar-refractivity contribution in [2.45, 2.75) is 25.3 Å². The lowest BCUT2D eigenvalue weighted by Crippen LogP contribution is -2.41. The molecule has 1 amide bonds. The summed E-state index contributed by atoms with van der Waals surface area (Å²) in [6.45, 7) is 4.71.